The number of esters is 1. The van der Waals surface area contributed by atoms with Crippen LogP contribution in [-0.4, -0.2) is 104 Å². The van der Waals surface area contributed by atoms with Crippen LogP contribution < -0.4 is 11.1 Å². The lowest BCUT2D eigenvalue weighted by atomic mass is 9.89. The lowest BCUT2D eigenvalue weighted by Gasteiger charge is -2.40. The summed E-state index contributed by atoms with van der Waals surface area (Å²) < 4.78 is 17.0. The number of benzene rings is 1. The number of hydrogen-bond donors (Lipinski definition) is 2. The maximum atomic E-state index is 13.9. The average Bonchev–Trinajstić information content (AvgIpc) is 3.52. The van der Waals surface area contributed by atoms with Crippen LogP contribution in [-0.2, 0) is 35.0 Å². The molecule has 0 bridgehead atoms. The van der Waals surface area contributed by atoms with Crippen molar-refractivity contribution in [2.24, 2.45) is 23.5 Å². The molecule has 0 aromatic heterocycles. The van der Waals surface area contributed by atoms with Crippen LogP contribution in [0.3, 0.4) is 0 Å². The molecule has 0 radical (unpaired) electrons. The predicted octanol–water partition coefficient (Wildman–Crippen LogP) is 3.59. The van der Waals surface area contributed by atoms with Crippen LogP contribution in [0, 0.1) is 17.8 Å². The van der Waals surface area contributed by atoms with E-state index in [0.717, 1.165) is 24.8 Å². The topological polar surface area (TPSA) is 123 Å². The van der Waals surface area contributed by atoms with Gasteiger partial charge in [0.2, 0.25) is 11.8 Å². The Hall–Kier alpha value is -2.60. The van der Waals surface area contributed by atoms with E-state index in [9.17, 15) is 14.4 Å². The second-order valence-corrected chi connectivity index (χ2v) is 13.1. The van der Waals surface area contributed by atoms with E-state index in [1.54, 1.807) is 26.2 Å². The van der Waals surface area contributed by atoms with E-state index in [1.165, 1.54) is 7.11 Å². The summed E-state index contributed by atoms with van der Waals surface area (Å²) in [6, 6.07) is 7.85. The Bertz CT molecular complexity index is 1110. The molecule has 11 heteroatoms. The van der Waals surface area contributed by atoms with Crippen LogP contribution in [0.4, 0.5) is 0 Å². The van der Waals surface area contributed by atoms with Crippen molar-refractivity contribution in [1.29, 1.82) is 0 Å². The molecule has 2 unspecified atom stereocenters. The summed E-state index contributed by atoms with van der Waals surface area (Å²) in [5.74, 6) is -0.843. The van der Waals surface area contributed by atoms with E-state index >= 15 is 0 Å². The molecule has 1 aromatic rings. The zero-order chi connectivity index (χ0) is 33.8. The summed E-state index contributed by atoms with van der Waals surface area (Å²) in [5.41, 5.74) is 7.21. The first kappa shape index (κ1) is 38.6. The van der Waals surface area contributed by atoms with Gasteiger partial charge in [-0.3, -0.25) is 9.59 Å². The minimum atomic E-state index is -0.658. The van der Waals surface area contributed by atoms with Crippen LogP contribution in [0.5, 0.6) is 0 Å². The van der Waals surface area contributed by atoms with Gasteiger partial charge in [0.05, 0.1) is 48.9 Å². The van der Waals surface area contributed by atoms with E-state index in [0.29, 0.717) is 18.0 Å². The number of methoxy groups -OCH3 is 3. The normalized spacial score (nSPS) is 19.6. The fraction of sp³-hybridized carbons (Fsp3) is 0.706. The molecule has 0 aliphatic carbocycles. The number of likely N-dealkylation sites (tertiary alicyclic amines) is 1. The first-order chi connectivity index (χ1) is 21.3. The third kappa shape index (κ3) is 10.2. The van der Waals surface area contributed by atoms with Gasteiger partial charge in [0.25, 0.3) is 0 Å². The zero-order valence-electron chi connectivity index (χ0n) is 28.7. The molecule has 1 aliphatic rings. The monoisotopic (exact) mass is 648 g/mol. The number of likely N-dealkylation sites (N-methyl/N-ethyl adjacent to an activating group) is 1. The number of carbonyl (C=O) groups is 3. The molecule has 0 saturated carbocycles. The Labute approximate surface area is 275 Å². The van der Waals surface area contributed by atoms with Crippen molar-refractivity contribution < 1.29 is 28.6 Å². The van der Waals surface area contributed by atoms with Gasteiger partial charge >= 0.3 is 5.97 Å². The van der Waals surface area contributed by atoms with Crippen LogP contribution >= 0.6 is 12.2 Å². The number of nitrogens with zero attached hydrogens (tertiary/aromatic N) is 2. The third-order valence-electron chi connectivity index (χ3n) is 9.35. The molecule has 1 aliphatic heterocycles. The molecule has 2 rings (SSSR count). The van der Waals surface area contributed by atoms with E-state index in [1.807, 2.05) is 56.0 Å². The van der Waals surface area contributed by atoms with Crippen LogP contribution in [0.15, 0.2) is 30.3 Å². The molecule has 1 fully saturated rings. The molecule has 0 spiro atoms. The van der Waals surface area contributed by atoms with E-state index < -0.39 is 30.3 Å². The molecule has 1 aromatic carbocycles. The van der Waals surface area contributed by atoms with E-state index in [4.69, 9.17) is 32.2 Å². The third-order valence-corrected chi connectivity index (χ3v) is 9.84. The van der Waals surface area contributed by atoms with Gasteiger partial charge in [-0.2, -0.15) is 0 Å². The smallest absolute Gasteiger partial charge is 0.328 e. The quantitative estimate of drug-likeness (QED) is 0.193. The molecule has 8 atom stereocenters. The Balaban J connectivity index is 2.22. The lowest BCUT2D eigenvalue weighted by Crippen LogP contribution is -2.56. The fourth-order valence-corrected chi connectivity index (χ4v) is 6.59. The van der Waals surface area contributed by atoms with Crippen molar-refractivity contribution in [2.45, 2.75) is 103 Å². The predicted molar refractivity (Wildman–Crippen MR) is 181 cm³/mol. The Morgan fingerprint density at radius 1 is 1.09 bits per heavy atom. The SMILES string of the molecule is CC[C@H](C)[C@@H]([C@@H](CC(=O)N1CCCC1[C@H](OC)[C@@H](C)C(=S)NC(Cc1ccccc1)C(=O)OC)OC)N(C)C(=O)[C@@H](N)C(C)C. The summed E-state index contributed by atoms with van der Waals surface area (Å²) in [7, 11) is 6.33. The van der Waals surface area contributed by atoms with Gasteiger partial charge in [0.1, 0.15) is 6.04 Å². The van der Waals surface area contributed by atoms with Crippen LogP contribution in [0.2, 0.25) is 0 Å². The van der Waals surface area contributed by atoms with Crippen molar-refractivity contribution in [3.63, 3.8) is 0 Å². The molecule has 3 N–H and O–H groups in total. The second kappa shape index (κ2) is 18.5. The van der Waals surface area contributed by atoms with E-state index in [-0.39, 0.29) is 48.1 Å². The molecular formula is C34H56N4O6S. The molecule has 1 heterocycles. The van der Waals surface area contributed by atoms with Gasteiger partial charge in [0.15, 0.2) is 0 Å². The molecule has 254 valence electrons. The Kier molecular flexibility index (Phi) is 15.9. The highest BCUT2D eigenvalue weighted by Gasteiger charge is 2.42. The molecule has 10 nitrogen and oxygen atoms in total. The minimum absolute atomic E-state index is 0.0136. The number of ether oxygens (including phenoxy) is 3. The van der Waals surface area contributed by atoms with Crippen LogP contribution in [0.25, 0.3) is 0 Å². The van der Waals surface area contributed by atoms with Gasteiger partial charge in [-0.05, 0) is 30.2 Å². The standard InChI is InChI=1S/C34H56N4O6S/c1-10-22(4)30(37(6)33(40)29(35)21(2)3)27(42-7)20-28(39)38-18-14-17-26(38)31(43-8)23(5)32(45)36-25(34(41)44-9)19-24-15-12-11-13-16-24/h11-13,15-16,21-23,25-27,29-31H,10,14,17-20,35H2,1-9H3,(H,36,45)/t22-,23+,25?,26?,27+,29-,30-,31+/m0/s1. The summed E-state index contributed by atoms with van der Waals surface area (Å²) in [6.45, 7) is 10.5. The summed E-state index contributed by atoms with van der Waals surface area (Å²) in [5, 5.41) is 3.22. The number of amides is 2. The lowest BCUT2D eigenvalue weighted by molar-refractivity contribution is -0.145. The highest BCUT2D eigenvalue weighted by molar-refractivity contribution is 7.80. The number of hydrogen-bond acceptors (Lipinski definition) is 8. The maximum Gasteiger partial charge on any atom is 0.328 e. The van der Waals surface area contributed by atoms with E-state index in [2.05, 4.69) is 19.2 Å². The summed E-state index contributed by atoms with van der Waals surface area (Å²) >= 11 is 5.81. The molecule has 1 saturated heterocycles. The Morgan fingerprint density at radius 3 is 2.27 bits per heavy atom. The highest BCUT2D eigenvalue weighted by Crippen LogP contribution is 2.30. The number of rotatable bonds is 17. The fourth-order valence-electron chi connectivity index (χ4n) is 6.31. The van der Waals surface area contributed by atoms with Gasteiger partial charge in [0, 0.05) is 40.2 Å². The summed E-state index contributed by atoms with van der Waals surface area (Å²) in [4.78, 5) is 43.9. The van der Waals surface area contributed by atoms with Crippen molar-refractivity contribution in [1.82, 2.24) is 15.1 Å². The van der Waals surface area contributed by atoms with Gasteiger partial charge < -0.3 is 35.1 Å². The largest absolute Gasteiger partial charge is 0.467 e. The van der Waals surface area contributed by atoms with Gasteiger partial charge in [-0.1, -0.05) is 83.6 Å². The number of carbonyl (C=O) groups excluding carboxylic acids is 3. The zero-order valence-corrected chi connectivity index (χ0v) is 29.5. The number of nitrogens with two attached hydrogens (primary N) is 1. The van der Waals surface area contributed by atoms with Crippen LogP contribution in [0.1, 0.15) is 65.9 Å². The summed E-state index contributed by atoms with van der Waals surface area (Å²) in [6.07, 6.45) is 2.02. The van der Waals surface area contributed by atoms with Crippen molar-refractivity contribution in [2.75, 3.05) is 34.9 Å². The molecule has 2 amide bonds. The highest BCUT2D eigenvalue weighted by atomic mass is 32.1. The first-order valence-electron chi connectivity index (χ1n) is 16.1. The molecular weight excluding hydrogens is 592 g/mol. The maximum absolute atomic E-state index is 13.9. The second-order valence-electron chi connectivity index (χ2n) is 12.6. The minimum Gasteiger partial charge on any atom is -0.467 e. The number of thiocarbonyl (C=S) groups is 1. The van der Waals surface area contributed by atoms with Gasteiger partial charge in [-0.25, -0.2) is 4.79 Å². The Morgan fingerprint density at radius 2 is 1.73 bits per heavy atom. The van der Waals surface area contributed by atoms with Crippen molar-refractivity contribution in [3.8, 4) is 0 Å². The van der Waals surface area contributed by atoms with Gasteiger partial charge in [-0.15, -0.1) is 0 Å². The number of nitrogens with one attached hydrogen (secondary N) is 1. The average molecular weight is 649 g/mol. The first-order valence-corrected chi connectivity index (χ1v) is 16.5. The van der Waals surface area contributed by atoms with Crippen molar-refractivity contribution >= 4 is 35.0 Å². The van der Waals surface area contributed by atoms with Crippen molar-refractivity contribution in [3.05, 3.63) is 35.9 Å². The molecule has 45 heavy (non-hydrogen) atoms.